The first-order valence-corrected chi connectivity index (χ1v) is 6.83. The molecule has 1 saturated heterocycles. The molecule has 1 amide bonds. The lowest BCUT2D eigenvalue weighted by Crippen LogP contribution is -2.28. The minimum absolute atomic E-state index is 0.0428. The maximum atomic E-state index is 12.0. The van der Waals surface area contributed by atoms with Gasteiger partial charge in [0.25, 0.3) is 5.91 Å². The van der Waals surface area contributed by atoms with Gasteiger partial charge in [0.15, 0.2) is 5.76 Å². The zero-order valence-electron chi connectivity index (χ0n) is 9.67. The van der Waals surface area contributed by atoms with Crippen LogP contribution in [0.15, 0.2) is 16.5 Å². The Morgan fingerprint density at radius 3 is 3.00 bits per heavy atom. The van der Waals surface area contributed by atoms with Crippen LogP contribution in [-0.4, -0.2) is 34.2 Å². The van der Waals surface area contributed by atoms with Gasteiger partial charge < -0.3 is 9.32 Å². The molecule has 1 aliphatic rings. The highest BCUT2D eigenvalue weighted by Crippen LogP contribution is 2.24. The van der Waals surface area contributed by atoms with Gasteiger partial charge in [-0.3, -0.25) is 14.9 Å². The number of alkyl halides is 1. The zero-order chi connectivity index (χ0) is 13.1. The van der Waals surface area contributed by atoms with Crippen LogP contribution in [0.1, 0.15) is 23.4 Å². The Morgan fingerprint density at radius 1 is 1.61 bits per heavy atom. The summed E-state index contributed by atoms with van der Waals surface area (Å²) in [6.45, 7) is 1.38. The third kappa shape index (κ3) is 2.72. The summed E-state index contributed by atoms with van der Waals surface area (Å²) in [6.07, 6.45) is 2.00. The Morgan fingerprint density at radius 2 is 2.39 bits per heavy atom. The highest BCUT2D eigenvalue weighted by Gasteiger charge is 2.29. The van der Waals surface area contributed by atoms with Crippen molar-refractivity contribution in [1.82, 2.24) is 4.90 Å². The van der Waals surface area contributed by atoms with Crippen molar-refractivity contribution in [3.63, 3.8) is 0 Å². The average Bonchev–Trinajstić information content (AvgIpc) is 2.97. The summed E-state index contributed by atoms with van der Waals surface area (Å²) in [5, 5.41) is 11.4. The summed E-state index contributed by atoms with van der Waals surface area (Å²) in [5.74, 6) is -0.116. The van der Waals surface area contributed by atoms with Gasteiger partial charge in [-0.1, -0.05) is 15.9 Å². The van der Waals surface area contributed by atoms with Crippen molar-refractivity contribution in [1.29, 1.82) is 0 Å². The Kier molecular flexibility index (Phi) is 4.00. The molecule has 0 saturated carbocycles. The molecule has 0 aliphatic carbocycles. The minimum atomic E-state index is -0.644. The van der Waals surface area contributed by atoms with Crippen molar-refractivity contribution in [3.8, 4) is 0 Å². The Labute approximate surface area is 112 Å². The first kappa shape index (κ1) is 13.1. The predicted octanol–water partition coefficient (Wildman–Crippen LogP) is 2.43. The van der Waals surface area contributed by atoms with E-state index in [4.69, 9.17) is 4.42 Å². The number of nitro groups is 1. The number of rotatable bonds is 4. The molecule has 1 aliphatic heterocycles. The fraction of sp³-hybridized carbons (Fsp3) is 0.545. The van der Waals surface area contributed by atoms with Gasteiger partial charge in [-0.05, 0) is 24.8 Å². The molecular weight excluding hydrogens is 304 g/mol. The van der Waals surface area contributed by atoms with Crippen LogP contribution in [0, 0.1) is 16.0 Å². The van der Waals surface area contributed by atoms with Crippen LogP contribution in [0.3, 0.4) is 0 Å². The molecule has 0 bridgehead atoms. The smallest absolute Gasteiger partial charge is 0.395 e. The lowest BCUT2D eigenvalue weighted by Gasteiger charge is -2.14. The van der Waals surface area contributed by atoms with Crippen LogP contribution >= 0.6 is 15.9 Å². The fourth-order valence-corrected chi connectivity index (χ4v) is 2.75. The molecule has 1 unspecified atom stereocenters. The Bertz CT molecular complexity index is 460. The molecule has 1 fully saturated rings. The van der Waals surface area contributed by atoms with E-state index in [0.717, 1.165) is 18.2 Å². The van der Waals surface area contributed by atoms with Crippen molar-refractivity contribution in [3.05, 3.63) is 28.0 Å². The highest BCUT2D eigenvalue weighted by atomic mass is 79.9. The second-order valence-corrected chi connectivity index (χ2v) is 5.07. The molecule has 0 N–H and O–H groups in total. The second kappa shape index (κ2) is 5.51. The van der Waals surface area contributed by atoms with Gasteiger partial charge in [0.1, 0.15) is 4.92 Å². The van der Waals surface area contributed by atoms with E-state index in [1.54, 1.807) is 4.90 Å². The van der Waals surface area contributed by atoms with Crippen molar-refractivity contribution < 1.29 is 14.1 Å². The number of carbonyl (C=O) groups is 1. The van der Waals surface area contributed by atoms with Gasteiger partial charge in [-0.2, -0.15) is 0 Å². The average molecular weight is 317 g/mol. The molecule has 1 atom stereocenters. The molecule has 98 valence electrons. The van der Waals surface area contributed by atoms with E-state index in [-0.39, 0.29) is 11.7 Å². The van der Waals surface area contributed by atoms with E-state index >= 15 is 0 Å². The SMILES string of the molecule is O=C(c1ccc([N+](=O)[O-])o1)N1CCC(CCBr)C1. The summed E-state index contributed by atoms with van der Waals surface area (Å²) < 4.78 is 4.91. The molecule has 1 aromatic heterocycles. The fourth-order valence-electron chi connectivity index (χ4n) is 2.10. The zero-order valence-corrected chi connectivity index (χ0v) is 11.3. The van der Waals surface area contributed by atoms with Crippen molar-refractivity contribution in [2.75, 3.05) is 18.4 Å². The monoisotopic (exact) mass is 316 g/mol. The van der Waals surface area contributed by atoms with Gasteiger partial charge in [0.05, 0.1) is 6.07 Å². The Hall–Kier alpha value is -1.37. The van der Waals surface area contributed by atoms with Crippen LogP contribution < -0.4 is 0 Å². The summed E-state index contributed by atoms with van der Waals surface area (Å²) in [4.78, 5) is 23.6. The molecule has 18 heavy (non-hydrogen) atoms. The molecule has 0 radical (unpaired) electrons. The van der Waals surface area contributed by atoms with Gasteiger partial charge in [0.2, 0.25) is 0 Å². The molecule has 7 heteroatoms. The number of likely N-dealkylation sites (tertiary alicyclic amines) is 1. The molecule has 2 heterocycles. The van der Waals surface area contributed by atoms with E-state index < -0.39 is 10.8 Å². The van der Waals surface area contributed by atoms with Crippen LogP contribution in [0.2, 0.25) is 0 Å². The number of furan rings is 1. The molecule has 6 nitrogen and oxygen atoms in total. The number of carbonyl (C=O) groups excluding carboxylic acids is 1. The number of hydrogen-bond acceptors (Lipinski definition) is 4. The van der Waals surface area contributed by atoms with Crippen LogP contribution in [0.5, 0.6) is 0 Å². The Balaban J connectivity index is 2.01. The topological polar surface area (TPSA) is 76.6 Å². The van der Waals surface area contributed by atoms with Gasteiger partial charge >= 0.3 is 5.88 Å². The summed E-state index contributed by atoms with van der Waals surface area (Å²) in [5.41, 5.74) is 0. The largest absolute Gasteiger partial charge is 0.433 e. The van der Waals surface area contributed by atoms with Gasteiger partial charge in [0, 0.05) is 18.4 Å². The normalized spacial score (nSPS) is 19.2. The number of nitrogens with zero attached hydrogens (tertiary/aromatic N) is 2. The number of amides is 1. The molecular formula is C11H13BrN2O4. The quantitative estimate of drug-likeness (QED) is 0.485. The molecule has 1 aromatic rings. The van der Waals surface area contributed by atoms with Crippen LogP contribution in [0.4, 0.5) is 5.88 Å². The summed E-state index contributed by atoms with van der Waals surface area (Å²) in [7, 11) is 0. The van der Waals surface area contributed by atoms with Crippen LogP contribution in [-0.2, 0) is 0 Å². The predicted molar refractivity (Wildman–Crippen MR) is 67.8 cm³/mol. The van der Waals surface area contributed by atoms with E-state index in [2.05, 4.69) is 15.9 Å². The maximum absolute atomic E-state index is 12.0. The van der Waals surface area contributed by atoms with E-state index in [1.165, 1.54) is 12.1 Å². The first-order valence-electron chi connectivity index (χ1n) is 5.71. The van der Waals surface area contributed by atoms with E-state index in [1.807, 2.05) is 0 Å². The summed E-state index contributed by atoms with van der Waals surface area (Å²) in [6, 6.07) is 2.57. The molecule has 2 rings (SSSR count). The second-order valence-electron chi connectivity index (χ2n) is 4.28. The van der Waals surface area contributed by atoms with Gasteiger partial charge in [-0.25, -0.2) is 0 Å². The molecule has 0 spiro atoms. The highest BCUT2D eigenvalue weighted by molar-refractivity contribution is 9.09. The lowest BCUT2D eigenvalue weighted by atomic mass is 10.1. The van der Waals surface area contributed by atoms with Crippen molar-refractivity contribution in [2.24, 2.45) is 5.92 Å². The van der Waals surface area contributed by atoms with Gasteiger partial charge in [-0.15, -0.1) is 0 Å². The van der Waals surface area contributed by atoms with Crippen molar-refractivity contribution >= 4 is 27.7 Å². The third-order valence-corrected chi connectivity index (χ3v) is 3.53. The summed E-state index contributed by atoms with van der Waals surface area (Å²) >= 11 is 3.38. The third-order valence-electron chi connectivity index (χ3n) is 3.07. The molecule has 0 aromatic carbocycles. The standard InChI is InChI=1S/C11H13BrN2O4/c12-5-3-8-4-6-13(7-8)11(15)9-1-2-10(18-9)14(16)17/h1-2,8H,3-7H2. The first-order chi connectivity index (χ1) is 8.61. The lowest BCUT2D eigenvalue weighted by molar-refractivity contribution is -0.402. The maximum Gasteiger partial charge on any atom is 0.433 e. The number of halogens is 1. The van der Waals surface area contributed by atoms with E-state index in [0.29, 0.717) is 19.0 Å². The van der Waals surface area contributed by atoms with Crippen molar-refractivity contribution in [2.45, 2.75) is 12.8 Å². The minimum Gasteiger partial charge on any atom is -0.395 e. The van der Waals surface area contributed by atoms with E-state index in [9.17, 15) is 14.9 Å². The number of hydrogen-bond donors (Lipinski definition) is 0. The van der Waals surface area contributed by atoms with Crippen LogP contribution in [0.25, 0.3) is 0 Å².